The van der Waals surface area contributed by atoms with Gasteiger partial charge in [0.2, 0.25) is 17.7 Å². The molecule has 2 fully saturated rings. The molecule has 6 nitrogen and oxygen atoms in total. The summed E-state index contributed by atoms with van der Waals surface area (Å²) in [7, 11) is 0. The van der Waals surface area contributed by atoms with E-state index in [0.29, 0.717) is 12.1 Å². The van der Waals surface area contributed by atoms with Crippen LogP contribution in [0.25, 0.3) is 0 Å². The van der Waals surface area contributed by atoms with E-state index in [-0.39, 0.29) is 47.4 Å². The lowest BCUT2D eigenvalue weighted by Gasteiger charge is -2.20. The van der Waals surface area contributed by atoms with Crippen LogP contribution in [0.2, 0.25) is 0 Å². The number of nitrogens with zero attached hydrogens (tertiary/aromatic N) is 3. The maximum atomic E-state index is 13.1. The van der Waals surface area contributed by atoms with E-state index in [4.69, 9.17) is 0 Å². The highest BCUT2D eigenvalue weighted by Gasteiger charge is 2.59. The number of fused-ring (bicyclic) bond motifs is 5. The first-order chi connectivity index (χ1) is 15.9. The van der Waals surface area contributed by atoms with Crippen LogP contribution in [0.1, 0.15) is 42.5 Å². The van der Waals surface area contributed by atoms with Gasteiger partial charge in [-0.3, -0.25) is 19.3 Å². The molecule has 1 unspecified atom stereocenters. The van der Waals surface area contributed by atoms with Crippen LogP contribution in [0.5, 0.6) is 0 Å². The van der Waals surface area contributed by atoms with Crippen molar-refractivity contribution in [2.75, 3.05) is 4.90 Å². The highest BCUT2D eigenvalue weighted by Crippen LogP contribution is 2.53. The Morgan fingerprint density at radius 3 is 2.09 bits per heavy atom. The Balaban J connectivity index is 1.25. The molecular weight excluding hydrogens is 414 g/mol. The predicted octanol–water partition coefficient (Wildman–Crippen LogP) is 4.00. The van der Waals surface area contributed by atoms with Crippen molar-refractivity contribution < 1.29 is 14.4 Å². The van der Waals surface area contributed by atoms with Gasteiger partial charge in [0.05, 0.1) is 29.3 Å². The average molecular weight is 440 g/mol. The maximum absolute atomic E-state index is 13.1. The van der Waals surface area contributed by atoms with Crippen LogP contribution < -0.4 is 4.90 Å². The van der Waals surface area contributed by atoms with Crippen molar-refractivity contribution in [1.29, 1.82) is 0 Å². The molecule has 0 N–H and O–H groups in total. The van der Waals surface area contributed by atoms with E-state index in [9.17, 15) is 14.4 Å². The third-order valence-electron chi connectivity index (χ3n) is 7.62. The van der Waals surface area contributed by atoms with E-state index in [2.05, 4.69) is 17.3 Å². The number of anilines is 1. The molecule has 2 aromatic rings. The minimum Gasteiger partial charge on any atom is -0.274 e. The summed E-state index contributed by atoms with van der Waals surface area (Å²) in [5.74, 6) is -0.258. The SMILES string of the molecule is CC(=O)N1N=C(c2ccc(N3C(=O)[C@@H]4[C@H](C3=O)[C@@H]3C=C[C@H]4C3)cc2)CC1c1ccc(C)cc1. The van der Waals surface area contributed by atoms with E-state index in [0.717, 1.165) is 23.3 Å². The van der Waals surface area contributed by atoms with Crippen LogP contribution in [-0.2, 0) is 14.4 Å². The normalized spacial score (nSPS) is 29.8. The fraction of sp³-hybridized carbons (Fsp3) is 0.333. The topological polar surface area (TPSA) is 70.1 Å². The molecule has 0 aromatic heterocycles. The van der Waals surface area contributed by atoms with E-state index in [1.54, 1.807) is 5.01 Å². The Morgan fingerprint density at radius 2 is 1.52 bits per heavy atom. The smallest absolute Gasteiger partial charge is 0.240 e. The van der Waals surface area contributed by atoms with Crippen molar-refractivity contribution in [3.05, 3.63) is 77.4 Å². The van der Waals surface area contributed by atoms with Gasteiger partial charge in [-0.05, 0) is 48.4 Å². The number of hydrogen-bond acceptors (Lipinski definition) is 4. The second-order valence-corrected chi connectivity index (χ2v) is 9.60. The predicted molar refractivity (Wildman–Crippen MR) is 124 cm³/mol. The van der Waals surface area contributed by atoms with Gasteiger partial charge in [-0.1, -0.05) is 54.1 Å². The molecule has 1 saturated heterocycles. The van der Waals surface area contributed by atoms with Crippen molar-refractivity contribution in [1.82, 2.24) is 5.01 Å². The quantitative estimate of drug-likeness (QED) is 0.536. The molecule has 2 aliphatic heterocycles. The first-order valence-electron chi connectivity index (χ1n) is 11.5. The van der Waals surface area contributed by atoms with Gasteiger partial charge in [0.15, 0.2) is 0 Å². The molecule has 5 atom stereocenters. The van der Waals surface area contributed by atoms with Gasteiger partial charge in [-0.25, -0.2) is 5.01 Å². The minimum absolute atomic E-state index is 0.0741. The van der Waals surface area contributed by atoms with Crippen molar-refractivity contribution in [2.24, 2.45) is 28.8 Å². The summed E-state index contributed by atoms with van der Waals surface area (Å²) in [4.78, 5) is 39.8. The fourth-order valence-electron chi connectivity index (χ4n) is 5.98. The highest BCUT2D eigenvalue weighted by molar-refractivity contribution is 6.23. The van der Waals surface area contributed by atoms with Gasteiger partial charge in [-0.15, -0.1) is 0 Å². The molecule has 2 aliphatic carbocycles. The number of allylic oxidation sites excluding steroid dienone is 2. The number of amides is 3. The molecule has 2 heterocycles. The molecule has 0 spiro atoms. The Morgan fingerprint density at radius 1 is 0.909 bits per heavy atom. The van der Waals surface area contributed by atoms with Gasteiger partial charge >= 0.3 is 0 Å². The standard InChI is InChI=1S/C27H25N3O3/c1-15-3-5-18(6-4-15)23-14-22(28-30(23)16(2)31)17-9-11-21(12-10-17)29-26(32)24-19-7-8-20(13-19)25(24)27(29)33/h3-12,19-20,23-25H,13-14H2,1-2H3/t19-,20+,23?,24-,25+. The lowest BCUT2D eigenvalue weighted by Crippen LogP contribution is -2.32. The van der Waals surface area contributed by atoms with Gasteiger partial charge < -0.3 is 0 Å². The molecule has 0 radical (unpaired) electrons. The average Bonchev–Trinajstić information content (AvgIpc) is 3.58. The van der Waals surface area contributed by atoms with Crippen molar-refractivity contribution in [3.8, 4) is 0 Å². The zero-order valence-electron chi connectivity index (χ0n) is 18.6. The zero-order valence-corrected chi connectivity index (χ0v) is 18.6. The number of rotatable bonds is 3. The molecule has 3 amide bonds. The third-order valence-corrected chi connectivity index (χ3v) is 7.62. The van der Waals surface area contributed by atoms with Gasteiger partial charge in [-0.2, -0.15) is 5.10 Å². The first kappa shape index (κ1) is 20.1. The summed E-state index contributed by atoms with van der Waals surface area (Å²) in [5.41, 5.74) is 4.54. The molecule has 2 aromatic carbocycles. The van der Waals surface area contributed by atoms with E-state index in [1.807, 2.05) is 55.5 Å². The summed E-state index contributed by atoms with van der Waals surface area (Å²) in [6, 6.07) is 15.5. The number of carbonyl (C=O) groups excluding carboxylic acids is 3. The molecule has 166 valence electrons. The van der Waals surface area contributed by atoms with Gasteiger partial charge in [0.1, 0.15) is 0 Å². The van der Waals surface area contributed by atoms with Crippen LogP contribution in [0.4, 0.5) is 5.69 Å². The molecule has 33 heavy (non-hydrogen) atoms. The van der Waals surface area contributed by atoms with E-state index in [1.165, 1.54) is 17.4 Å². The summed E-state index contributed by atoms with van der Waals surface area (Å²) in [6.45, 7) is 3.56. The Hall–Kier alpha value is -3.54. The molecule has 6 heteroatoms. The number of benzene rings is 2. The molecule has 6 rings (SSSR count). The number of aryl methyl sites for hydroxylation is 1. The van der Waals surface area contributed by atoms with Crippen LogP contribution in [0, 0.1) is 30.6 Å². The summed E-state index contributed by atoms with van der Waals surface area (Å²) in [5, 5.41) is 6.16. The lowest BCUT2D eigenvalue weighted by atomic mass is 9.85. The van der Waals surface area contributed by atoms with Crippen molar-refractivity contribution >= 4 is 29.1 Å². The summed E-state index contributed by atoms with van der Waals surface area (Å²) in [6.07, 6.45) is 5.75. The second kappa shape index (κ2) is 7.24. The number of carbonyl (C=O) groups is 3. The highest BCUT2D eigenvalue weighted by atomic mass is 16.2. The van der Waals surface area contributed by atoms with Gasteiger partial charge in [0, 0.05) is 13.3 Å². The summed E-state index contributed by atoms with van der Waals surface area (Å²) < 4.78 is 0. The molecule has 2 bridgehead atoms. The summed E-state index contributed by atoms with van der Waals surface area (Å²) >= 11 is 0. The Labute approximate surface area is 192 Å². The largest absolute Gasteiger partial charge is 0.274 e. The first-order valence-corrected chi connectivity index (χ1v) is 11.5. The van der Waals surface area contributed by atoms with Crippen LogP contribution in [0.3, 0.4) is 0 Å². The number of hydrazone groups is 1. The fourth-order valence-corrected chi connectivity index (χ4v) is 5.98. The van der Waals surface area contributed by atoms with Crippen LogP contribution >= 0.6 is 0 Å². The second-order valence-electron chi connectivity index (χ2n) is 9.60. The molecule has 1 saturated carbocycles. The van der Waals surface area contributed by atoms with Gasteiger partial charge in [0.25, 0.3) is 0 Å². The van der Waals surface area contributed by atoms with E-state index >= 15 is 0 Å². The zero-order chi connectivity index (χ0) is 22.9. The molecule has 4 aliphatic rings. The maximum Gasteiger partial charge on any atom is 0.240 e. The Bertz CT molecular complexity index is 1200. The van der Waals surface area contributed by atoms with E-state index < -0.39 is 0 Å². The molecular formula is C27H25N3O3. The monoisotopic (exact) mass is 439 g/mol. The van der Waals surface area contributed by atoms with Crippen molar-refractivity contribution in [3.63, 3.8) is 0 Å². The number of imide groups is 1. The lowest BCUT2D eigenvalue weighted by molar-refractivity contribution is -0.130. The van der Waals surface area contributed by atoms with Crippen LogP contribution in [-0.4, -0.2) is 28.4 Å². The minimum atomic E-state index is -0.203. The third kappa shape index (κ3) is 3.00. The van der Waals surface area contributed by atoms with Crippen LogP contribution in [0.15, 0.2) is 65.8 Å². The number of hydrogen-bond donors (Lipinski definition) is 0. The Kier molecular flexibility index (Phi) is 4.41. The van der Waals surface area contributed by atoms with Crippen molar-refractivity contribution in [2.45, 2.75) is 32.7 Å².